The summed E-state index contributed by atoms with van der Waals surface area (Å²) in [7, 11) is 1.66. The van der Waals surface area contributed by atoms with Crippen LogP contribution in [0.4, 0.5) is 5.69 Å². The molecule has 2 aromatic carbocycles. The molecule has 0 radical (unpaired) electrons. The highest BCUT2D eigenvalue weighted by Gasteiger charge is 2.44. The van der Waals surface area contributed by atoms with Crippen molar-refractivity contribution in [3.8, 4) is 11.8 Å². The zero-order valence-electron chi connectivity index (χ0n) is 12.9. The Kier molecular flexibility index (Phi) is 5.04. The predicted octanol–water partition coefficient (Wildman–Crippen LogP) is 4.55. The highest BCUT2D eigenvalue weighted by molar-refractivity contribution is 8.21. The van der Waals surface area contributed by atoms with Crippen molar-refractivity contribution in [3.05, 3.63) is 60.2 Å². The summed E-state index contributed by atoms with van der Waals surface area (Å²) >= 11 is 3.47. The Labute approximate surface area is 145 Å². The number of nitrogens with zero attached hydrogens (tertiary/aromatic N) is 1. The van der Waals surface area contributed by atoms with Crippen molar-refractivity contribution in [1.29, 1.82) is 5.26 Å². The van der Waals surface area contributed by atoms with Gasteiger partial charge in [0.2, 0.25) is 0 Å². The van der Waals surface area contributed by atoms with Crippen molar-refractivity contribution in [2.75, 3.05) is 23.9 Å². The van der Waals surface area contributed by atoms with Crippen molar-refractivity contribution >= 4 is 29.2 Å². The Morgan fingerprint density at radius 1 is 1.09 bits per heavy atom. The second-order valence-corrected chi connectivity index (χ2v) is 8.13. The van der Waals surface area contributed by atoms with Gasteiger partial charge in [0.25, 0.3) is 0 Å². The third-order valence-electron chi connectivity index (χ3n) is 3.79. The number of ether oxygens (including phenoxy) is 1. The Bertz CT molecular complexity index is 676. The number of methoxy groups -OCH3 is 1. The fourth-order valence-corrected chi connectivity index (χ4v) is 5.58. The SMILES string of the molecule is COc1ccc(N[C@@H](c2ccccc2)C2(C#N)SCCS2)cc1. The van der Waals surface area contributed by atoms with Gasteiger partial charge >= 0.3 is 0 Å². The Hall–Kier alpha value is -1.77. The molecule has 0 aliphatic carbocycles. The first-order valence-corrected chi connectivity index (χ1v) is 9.39. The van der Waals surface area contributed by atoms with E-state index in [-0.39, 0.29) is 6.04 Å². The van der Waals surface area contributed by atoms with Gasteiger partial charge in [-0.3, -0.25) is 0 Å². The van der Waals surface area contributed by atoms with Crippen LogP contribution in [0.5, 0.6) is 5.75 Å². The highest BCUT2D eigenvalue weighted by Crippen LogP contribution is 2.52. The minimum atomic E-state index is -0.499. The summed E-state index contributed by atoms with van der Waals surface area (Å²) in [6.07, 6.45) is 0. The molecule has 0 spiro atoms. The molecule has 23 heavy (non-hydrogen) atoms. The summed E-state index contributed by atoms with van der Waals surface area (Å²) in [4.78, 5) is 0. The molecule has 0 amide bonds. The maximum absolute atomic E-state index is 9.86. The maximum Gasteiger partial charge on any atom is 0.172 e. The monoisotopic (exact) mass is 342 g/mol. The molecule has 3 rings (SSSR count). The van der Waals surface area contributed by atoms with Crippen LogP contribution in [-0.4, -0.2) is 22.7 Å². The Morgan fingerprint density at radius 3 is 2.30 bits per heavy atom. The van der Waals surface area contributed by atoms with Crippen LogP contribution < -0.4 is 10.1 Å². The van der Waals surface area contributed by atoms with Crippen molar-refractivity contribution in [2.45, 2.75) is 10.1 Å². The number of hydrogen-bond acceptors (Lipinski definition) is 5. The molecule has 1 heterocycles. The van der Waals surface area contributed by atoms with Gasteiger partial charge < -0.3 is 10.1 Å². The van der Waals surface area contributed by atoms with E-state index < -0.39 is 4.08 Å². The number of nitrogens with one attached hydrogen (secondary N) is 1. The topological polar surface area (TPSA) is 45.0 Å². The van der Waals surface area contributed by atoms with Crippen LogP contribution in [0, 0.1) is 11.3 Å². The molecule has 3 nitrogen and oxygen atoms in total. The van der Waals surface area contributed by atoms with Crippen molar-refractivity contribution < 1.29 is 4.74 Å². The summed E-state index contributed by atoms with van der Waals surface area (Å²) in [5, 5.41) is 13.4. The normalized spacial score (nSPS) is 17.2. The van der Waals surface area contributed by atoms with E-state index in [0.29, 0.717) is 0 Å². The largest absolute Gasteiger partial charge is 0.497 e. The molecule has 0 saturated carbocycles. The highest BCUT2D eigenvalue weighted by atomic mass is 32.2. The molecule has 1 aliphatic rings. The van der Waals surface area contributed by atoms with E-state index in [0.717, 1.165) is 28.5 Å². The Balaban J connectivity index is 1.93. The number of nitriles is 1. The Morgan fingerprint density at radius 2 is 1.74 bits per heavy atom. The molecule has 1 atom stereocenters. The summed E-state index contributed by atoms with van der Waals surface area (Å²) in [6, 6.07) is 20.5. The minimum absolute atomic E-state index is 0.0698. The van der Waals surface area contributed by atoms with E-state index in [1.165, 1.54) is 0 Å². The third kappa shape index (κ3) is 3.44. The fourth-order valence-electron chi connectivity index (χ4n) is 2.62. The van der Waals surface area contributed by atoms with Gasteiger partial charge in [-0.05, 0) is 29.8 Å². The van der Waals surface area contributed by atoms with Crippen LogP contribution in [0.1, 0.15) is 11.6 Å². The minimum Gasteiger partial charge on any atom is -0.497 e. The average Bonchev–Trinajstić information content (AvgIpc) is 3.11. The molecule has 118 valence electrons. The number of benzene rings is 2. The molecular formula is C18H18N2OS2. The van der Waals surface area contributed by atoms with Gasteiger partial charge in [0, 0.05) is 17.2 Å². The number of rotatable bonds is 5. The predicted molar refractivity (Wildman–Crippen MR) is 99.1 cm³/mol. The molecular weight excluding hydrogens is 324 g/mol. The van der Waals surface area contributed by atoms with Gasteiger partial charge in [0.1, 0.15) is 5.75 Å². The molecule has 2 aromatic rings. The van der Waals surface area contributed by atoms with Crippen LogP contribution in [-0.2, 0) is 0 Å². The van der Waals surface area contributed by atoms with E-state index in [1.807, 2.05) is 42.5 Å². The second-order valence-electron chi connectivity index (χ2n) is 5.19. The van der Waals surface area contributed by atoms with Crippen molar-refractivity contribution in [3.63, 3.8) is 0 Å². The van der Waals surface area contributed by atoms with Crippen LogP contribution in [0.15, 0.2) is 54.6 Å². The first-order valence-electron chi connectivity index (χ1n) is 7.42. The summed E-state index contributed by atoms with van der Waals surface area (Å²) in [5.41, 5.74) is 2.12. The number of thioether (sulfide) groups is 2. The quantitative estimate of drug-likeness (QED) is 0.864. The van der Waals surface area contributed by atoms with Gasteiger partial charge in [-0.15, -0.1) is 23.5 Å². The first kappa shape index (κ1) is 16.1. The van der Waals surface area contributed by atoms with E-state index >= 15 is 0 Å². The molecule has 1 fully saturated rings. The first-order chi connectivity index (χ1) is 11.3. The summed E-state index contributed by atoms with van der Waals surface area (Å²) < 4.78 is 4.71. The van der Waals surface area contributed by atoms with Crippen molar-refractivity contribution in [1.82, 2.24) is 0 Å². The summed E-state index contributed by atoms with van der Waals surface area (Å²) in [5.74, 6) is 2.84. The van der Waals surface area contributed by atoms with Crippen LogP contribution in [0.2, 0.25) is 0 Å². The van der Waals surface area contributed by atoms with E-state index in [1.54, 1.807) is 30.6 Å². The smallest absolute Gasteiger partial charge is 0.172 e. The van der Waals surface area contributed by atoms with Crippen molar-refractivity contribution in [2.24, 2.45) is 0 Å². The van der Waals surface area contributed by atoms with E-state index in [9.17, 15) is 5.26 Å². The van der Waals surface area contributed by atoms with Crippen LogP contribution >= 0.6 is 23.5 Å². The zero-order chi connectivity index (χ0) is 16.1. The van der Waals surface area contributed by atoms with E-state index in [4.69, 9.17) is 4.74 Å². The third-order valence-corrected chi connectivity index (χ3v) is 7.08. The van der Waals surface area contributed by atoms with E-state index in [2.05, 4.69) is 23.5 Å². The lowest BCUT2D eigenvalue weighted by Crippen LogP contribution is -2.31. The molecule has 0 unspecified atom stereocenters. The van der Waals surface area contributed by atoms with Crippen LogP contribution in [0.25, 0.3) is 0 Å². The average molecular weight is 342 g/mol. The lowest BCUT2D eigenvalue weighted by Gasteiger charge is -2.31. The van der Waals surface area contributed by atoms with Gasteiger partial charge in [0.15, 0.2) is 4.08 Å². The van der Waals surface area contributed by atoms with Gasteiger partial charge in [0.05, 0.1) is 19.2 Å². The molecule has 1 saturated heterocycles. The molecule has 1 N–H and O–H groups in total. The fraction of sp³-hybridized carbons (Fsp3) is 0.278. The molecule has 0 aromatic heterocycles. The lowest BCUT2D eigenvalue weighted by molar-refractivity contribution is 0.415. The molecule has 0 bridgehead atoms. The zero-order valence-corrected chi connectivity index (χ0v) is 14.5. The molecule has 1 aliphatic heterocycles. The number of anilines is 1. The summed E-state index contributed by atoms with van der Waals surface area (Å²) in [6.45, 7) is 0. The van der Waals surface area contributed by atoms with Gasteiger partial charge in [-0.1, -0.05) is 30.3 Å². The van der Waals surface area contributed by atoms with Gasteiger partial charge in [-0.25, -0.2) is 0 Å². The lowest BCUT2D eigenvalue weighted by atomic mass is 10.0. The maximum atomic E-state index is 9.86. The number of hydrogen-bond donors (Lipinski definition) is 1. The second kappa shape index (κ2) is 7.20. The van der Waals surface area contributed by atoms with Crippen LogP contribution in [0.3, 0.4) is 0 Å². The molecule has 5 heteroatoms. The van der Waals surface area contributed by atoms with Gasteiger partial charge in [-0.2, -0.15) is 5.26 Å². The standard InChI is InChI=1S/C18H18N2OS2/c1-21-16-9-7-15(8-10-16)20-17(14-5-3-2-4-6-14)18(13-19)22-11-12-23-18/h2-10,17,20H,11-12H2,1H3/t17-/m0/s1.